The highest BCUT2D eigenvalue weighted by Crippen LogP contribution is 2.26. The van der Waals surface area contributed by atoms with Crippen molar-refractivity contribution in [3.63, 3.8) is 0 Å². The summed E-state index contributed by atoms with van der Waals surface area (Å²) in [6.07, 6.45) is 0. The van der Waals surface area contributed by atoms with Gasteiger partial charge in [0.2, 0.25) is 0 Å². The molecule has 4 heteroatoms. The summed E-state index contributed by atoms with van der Waals surface area (Å²) in [6, 6.07) is 14.2. The number of aliphatic carboxylic acids is 1. The SMILES string of the molecule is O=C(O)C(C(=O)c1ccccc1O)c1ccccc1. The Labute approximate surface area is 109 Å². The second-order valence-electron chi connectivity index (χ2n) is 4.06. The van der Waals surface area contributed by atoms with E-state index in [1.807, 2.05) is 0 Å². The van der Waals surface area contributed by atoms with Crippen LogP contribution in [-0.4, -0.2) is 22.0 Å². The van der Waals surface area contributed by atoms with Crippen LogP contribution in [0.15, 0.2) is 54.6 Å². The van der Waals surface area contributed by atoms with Crippen molar-refractivity contribution in [1.82, 2.24) is 0 Å². The van der Waals surface area contributed by atoms with Crippen molar-refractivity contribution < 1.29 is 19.8 Å². The Morgan fingerprint density at radius 1 is 0.895 bits per heavy atom. The van der Waals surface area contributed by atoms with E-state index in [0.29, 0.717) is 5.56 Å². The third kappa shape index (κ3) is 2.63. The molecule has 0 radical (unpaired) electrons. The predicted molar refractivity (Wildman–Crippen MR) is 69.3 cm³/mol. The molecular weight excluding hydrogens is 244 g/mol. The number of carboxylic acid groups (broad SMARTS) is 1. The number of Topliss-reactive ketones (excluding diaryl/α,β-unsaturated/α-hetero) is 1. The molecule has 0 aromatic heterocycles. The summed E-state index contributed by atoms with van der Waals surface area (Å²) in [5, 5.41) is 18.9. The molecule has 2 aromatic carbocycles. The van der Waals surface area contributed by atoms with Crippen molar-refractivity contribution in [3.8, 4) is 5.75 Å². The molecule has 0 fully saturated rings. The Balaban J connectivity index is 2.44. The first-order valence-corrected chi connectivity index (χ1v) is 5.71. The molecule has 96 valence electrons. The van der Waals surface area contributed by atoms with Gasteiger partial charge in [-0.3, -0.25) is 9.59 Å². The molecule has 1 unspecified atom stereocenters. The third-order valence-electron chi connectivity index (χ3n) is 2.81. The Bertz CT molecular complexity index is 605. The number of hydrogen-bond acceptors (Lipinski definition) is 3. The molecule has 2 aromatic rings. The predicted octanol–water partition coefficient (Wildman–Crippen LogP) is 2.44. The summed E-state index contributed by atoms with van der Waals surface area (Å²) >= 11 is 0. The average molecular weight is 256 g/mol. The van der Waals surface area contributed by atoms with Crippen LogP contribution in [0.3, 0.4) is 0 Å². The first-order valence-electron chi connectivity index (χ1n) is 5.71. The maximum absolute atomic E-state index is 12.3. The minimum Gasteiger partial charge on any atom is -0.507 e. The minimum atomic E-state index is -1.31. The Morgan fingerprint density at radius 3 is 2.05 bits per heavy atom. The number of carboxylic acids is 1. The molecular formula is C15H12O4. The normalized spacial score (nSPS) is 11.8. The maximum Gasteiger partial charge on any atom is 0.318 e. The van der Waals surface area contributed by atoms with Gasteiger partial charge in [0, 0.05) is 0 Å². The highest BCUT2D eigenvalue weighted by molar-refractivity contribution is 6.13. The van der Waals surface area contributed by atoms with Gasteiger partial charge in [0.05, 0.1) is 5.56 Å². The van der Waals surface area contributed by atoms with Gasteiger partial charge in [0.25, 0.3) is 0 Å². The second kappa shape index (κ2) is 5.35. The number of rotatable bonds is 4. The van der Waals surface area contributed by atoms with E-state index in [9.17, 15) is 19.8 Å². The van der Waals surface area contributed by atoms with E-state index in [1.165, 1.54) is 12.1 Å². The highest BCUT2D eigenvalue weighted by Gasteiger charge is 2.30. The summed E-state index contributed by atoms with van der Waals surface area (Å²) in [4.78, 5) is 23.6. The average Bonchev–Trinajstić information content (AvgIpc) is 2.40. The Morgan fingerprint density at radius 2 is 1.47 bits per heavy atom. The molecule has 0 amide bonds. The monoisotopic (exact) mass is 256 g/mol. The van der Waals surface area contributed by atoms with E-state index in [-0.39, 0.29) is 11.3 Å². The van der Waals surface area contributed by atoms with E-state index in [1.54, 1.807) is 42.5 Å². The van der Waals surface area contributed by atoms with Gasteiger partial charge in [-0.05, 0) is 17.7 Å². The smallest absolute Gasteiger partial charge is 0.318 e. The van der Waals surface area contributed by atoms with Gasteiger partial charge in [-0.1, -0.05) is 42.5 Å². The minimum absolute atomic E-state index is 0.0127. The fourth-order valence-corrected chi connectivity index (χ4v) is 1.89. The lowest BCUT2D eigenvalue weighted by atomic mass is 9.90. The zero-order chi connectivity index (χ0) is 13.8. The van der Waals surface area contributed by atoms with Crippen LogP contribution in [0.4, 0.5) is 0 Å². The van der Waals surface area contributed by atoms with Crippen molar-refractivity contribution in [2.75, 3.05) is 0 Å². The summed E-state index contributed by atoms with van der Waals surface area (Å²) < 4.78 is 0. The molecule has 1 atom stereocenters. The van der Waals surface area contributed by atoms with Crippen molar-refractivity contribution in [3.05, 3.63) is 65.7 Å². The zero-order valence-corrected chi connectivity index (χ0v) is 9.98. The lowest BCUT2D eigenvalue weighted by Gasteiger charge is -2.12. The van der Waals surface area contributed by atoms with Gasteiger partial charge < -0.3 is 10.2 Å². The molecule has 0 aliphatic heterocycles. The van der Waals surface area contributed by atoms with E-state index in [4.69, 9.17) is 0 Å². The summed E-state index contributed by atoms with van der Waals surface area (Å²) in [7, 11) is 0. The lowest BCUT2D eigenvalue weighted by molar-refractivity contribution is -0.137. The van der Waals surface area contributed by atoms with Crippen LogP contribution in [0.5, 0.6) is 5.75 Å². The van der Waals surface area contributed by atoms with Crippen LogP contribution in [0.1, 0.15) is 21.8 Å². The molecule has 0 spiro atoms. The van der Waals surface area contributed by atoms with Crippen molar-refractivity contribution >= 4 is 11.8 Å². The number of ketones is 1. The Kier molecular flexibility index (Phi) is 3.61. The number of phenols is 1. The number of para-hydroxylation sites is 1. The number of hydrogen-bond donors (Lipinski definition) is 2. The van der Waals surface area contributed by atoms with Crippen molar-refractivity contribution in [2.24, 2.45) is 0 Å². The van der Waals surface area contributed by atoms with Crippen LogP contribution in [0, 0.1) is 0 Å². The summed E-state index contributed by atoms with van der Waals surface area (Å²) in [5.74, 6) is -3.39. The molecule has 0 saturated carbocycles. The number of benzene rings is 2. The van der Waals surface area contributed by atoms with Crippen LogP contribution >= 0.6 is 0 Å². The number of aromatic hydroxyl groups is 1. The van der Waals surface area contributed by atoms with E-state index in [2.05, 4.69) is 0 Å². The summed E-state index contributed by atoms with van der Waals surface area (Å²) in [5.41, 5.74) is 0.405. The van der Waals surface area contributed by atoms with Crippen molar-refractivity contribution in [1.29, 1.82) is 0 Å². The zero-order valence-electron chi connectivity index (χ0n) is 9.98. The molecule has 19 heavy (non-hydrogen) atoms. The summed E-state index contributed by atoms with van der Waals surface area (Å²) in [6.45, 7) is 0. The van der Waals surface area contributed by atoms with Crippen LogP contribution in [0.2, 0.25) is 0 Å². The number of carbonyl (C=O) groups is 2. The largest absolute Gasteiger partial charge is 0.507 e. The van der Waals surface area contributed by atoms with Gasteiger partial charge >= 0.3 is 5.97 Å². The number of phenolic OH excluding ortho intramolecular Hbond substituents is 1. The van der Waals surface area contributed by atoms with E-state index < -0.39 is 17.7 Å². The van der Waals surface area contributed by atoms with E-state index in [0.717, 1.165) is 0 Å². The molecule has 0 saturated heterocycles. The highest BCUT2D eigenvalue weighted by atomic mass is 16.4. The van der Waals surface area contributed by atoms with Gasteiger partial charge in [0.15, 0.2) is 5.78 Å². The third-order valence-corrected chi connectivity index (χ3v) is 2.81. The van der Waals surface area contributed by atoms with Crippen LogP contribution in [-0.2, 0) is 4.79 Å². The molecule has 0 aliphatic carbocycles. The molecule has 2 N–H and O–H groups in total. The van der Waals surface area contributed by atoms with Crippen molar-refractivity contribution in [2.45, 2.75) is 5.92 Å². The topological polar surface area (TPSA) is 74.6 Å². The lowest BCUT2D eigenvalue weighted by Crippen LogP contribution is -2.21. The molecule has 4 nitrogen and oxygen atoms in total. The fraction of sp³-hybridized carbons (Fsp3) is 0.0667. The standard InChI is InChI=1S/C15H12O4/c16-12-9-5-4-8-11(12)14(17)13(15(18)19)10-6-2-1-3-7-10/h1-9,13,16H,(H,18,19). The van der Waals surface area contributed by atoms with Crippen LogP contribution < -0.4 is 0 Å². The number of carbonyl (C=O) groups excluding carboxylic acids is 1. The molecule has 0 bridgehead atoms. The first-order chi connectivity index (χ1) is 9.11. The quantitative estimate of drug-likeness (QED) is 0.650. The van der Waals surface area contributed by atoms with Gasteiger partial charge in [-0.2, -0.15) is 0 Å². The fourth-order valence-electron chi connectivity index (χ4n) is 1.89. The van der Waals surface area contributed by atoms with E-state index >= 15 is 0 Å². The van der Waals surface area contributed by atoms with Gasteiger partial charge in [0.1, 0.15) is 11.7 Å². The van der Waals surface area contributed by atoms with Gasteiger partial charge in [-0.25, -0.2) is 0 Å². The first kappa shape index (κ1) is 12.8. The molecule has 0 aliphatic rings. The maximum atomic E-state index is 12.3. The Hall–Kier alpha value is -2.62. The second-order valence-corrected chi connectivity index (χ2v) is 4.06. The molecule has 2 rings (SSSR count). The van der Waals surface area contributed by atoms with Crippen LogP contribution in [0.25, 0.3) is 0 Å². The van der Waals surface area contributed by atoms with Gasteiger partial charge in [-0.15, -0.1) is 0 Å². The molecule has 0 heterocycles.